The van der Waals surface area contributed by atoms with E-state index < -0.39 is 15.9 Å². The molecular weight excluding hydrogens is 498 g/mol. The Labute approximate surface area is 222 Å². The predicted octanol–water partition coefficient (Wildman–Crippen LogP) is 4.54. The fraction of sp³-hybridized carbons (Fsp3) is 0.241. The molecular formula is C29H31N5O3S. The molecule has 0 aliphatic heterocycles. The first-order valence-corrected chi connectivity index (χ1v) is 14.3. The highest BCUT2D eigenvalue weighted by Gasteiger charge is 2.27. The molecule has 0 radical (unpaired) electrons. The molecule has 1 aliphatic carbocycles. The van der Waals surface area contributed by atoms with Crippen LogP contribution in [0.4, 0.5) is 17.2 Å². The Morgan fingerprint density at radius 1 is 1.05 bits per heavy atom. The Kier molecular flexibility index (Phi) is 6.94. The van der Waals surface area contributed by atoms with Crippen molar-refractivity contribution < 1.29 is 13.2 Å². The molecule has 1 unspecified atom stereocenters. The number of amides is 1. The summed E-state index contributed by atoms with van der Waals surface area (Å²) < 4.78 is 25.3. The number of pyridine rings is 1. The number of nitrogens with two attached hydrogens (primary N) is 2. The third kappa shape index (κ3) is 5.43. The Bertz CT molecular complexity index is 1620. The molecule has 6 N–H and O–H groups in total. The maximum Gasteiger partial charge on any atom is 0.247 e. The summed E-state index contributed by atoms with van der Waals surface area (Å²) in [5.74, 6) is 0.650. The number of hydrogen-bond donors (Lipinski definition) is 4. The highest BCUT2D eigenvalue weighted by molar-refractivity contribution is 7.91. The minimum Gasteiger partial charge on any atom is -0.399 e. The average molecular weight is 530 g/mol. The summed E-state index contributed by atoms with van der Waals surface area (Å²) in [6.45, 7) is 1.62. The van der Waals surface area contributed by atoms with E-state index in [1.807, 2.05) is 36.4 Å². The van der Waals surface area contributed by atoms with Crippen LogP contribution in [0.2, 0.25) is 0 Å². The molecule has 1 amide bonds. The topological polar surface area (TPSA) is 140 Å². The van der Waals surface area contributed by atoms with Crippen molar-refractivity contribution >= 4 is 43.7 Å². The lowest BCUT2D eigenvalue weighted by molar-refractivity contribution is -0.122. The van der Waals surface area contributed by atoms with E-state index in [1.54, 1.807) is 25.3 Å². The summed E-state index contributed by atoms with van der Waals surface area (Å²) in [4.78, 5) is 18.0. The van der Waals surface area contributed by atoms with E-state index in [0.29, 0.717) is 23.0 Å². The van der Waals surface area contributed by atoms with E-state index in [0.717, 1.165) is 34.9 Å². The Morgan fingerprint density at radius 3 is 2.63 bits per heavy atom. The molecule has 5 rings (SSSR count). The lowest BCUT2D eigenvalue weighted by Crippen LogP contribution is -2.33. The number of carbonyl (C=O) groups is 1. The van der Waals surface area contributed by atoms with Gasteiger partial charge in [0.05, 0.1) is 10.6 Å². The molecule has 1 saturated carbocycles. The second-order valence-corrected chi connectivity index (χ2v) is 11.9. The van der Waals surface area contributed by atoms with E-state index in [2.05, 4.69) is 27.8 Å². The highest BCUT2D eigenvalue weighted by Crippen LogP contribution is 2.41. The summed E-state index contributed by atoms with van der Waals surface area (Å²) >= 11 is 0. The molecule has 1 atom stereocenters. The second-order valence-electron chi connectivity index (χ2n) is 9.64. The van der Waals surface area contributed by atoms with Gasteiger partial charge in [0.25, 0.3) is 0 Å². The number of benzene rings is 3. The fourth-order valence-electron chi connectivity index (χ4n) is 4.65. The summed E-state index contributed by atoms with van der Waals surface area (Å²) in [5.41, 5.74) is 15.6. The number of carbonyl (C=O) groups excluding carboxylic acids is 1. The zero-order chi connectivity index (χ0) is 26.9. The number of sulfone groups is 1. The Hall–Kier alpha value is -4.11. The van der Waals surface area contributed by atoms with Crippen LogP contribution in [0.1, 0.15) is 48.4 Å². The normalized spacial score (nSPS) is 14.2. The molecule has 1 aliphatic rings. The molecule has 0 spiro atoms. The van der Waals surface area contributed by atoms with Crippen molar-refractivity contribution in [3.8, 4) is 0 Å². The molecule has 0 bridgehead atoms. The van der Waals surface area contributed by atoms with Crippen molar-refractivity contribution in [3.63, 3.8) is 0 Å². The van der Waals surface area contributed by atoms with Crippen molar-refractivity contribution in [1.82, 2.24) is 10.3 Å². The van der Waals surface area contributed by atoms with E-state index in [4.69, 9.17) is 11.5 Å². The molecule has 1 heterocycles. The van der Waals surface area contributed by atoms with Gasteiger partial charge in [-0.05, 0) is 83.3 Å². The molecule has 8 nitrogen and oxygen atoms in total. The number of nitrogens with one attached hydrogen (secondary N) is 2. The number of aromatic nitrogens is 1. The molecule has 3 aromatic carbocycles. The molecule has 4 aromatic rings. The zero-order valence-electron chi connectivity index (χ0n) is 21.1. The van der Waals surface area contributed by atoms with Crippen LogP contribution in [0.3, 0.4) is 0 Å². The summed E-state index contributed by atoms with van der Waals surface area (Å²) in [6, 6.07) is 19.6. The third-order valence-corrected chi connectivity index (χ3v) is 8.74. The van der Waals surface area contributed by atoms with Gasteiger partial charge in [-0.15, -0.1) is 0 Å². The van der Waals surface area contributed by atoms with Crippen LogP contribution in [-0.2, 0) is 21.2 Å². The van der Waals surface area contributed by atoms with Crippen LogP contribution in [0.15, 0.2) is 77.8 Å². The van der Waals surface area contributed by atoms with Gasteiger partial charge in [0.2, 0.25) is 5.91 Å². The maximum absolute atomic E-state index is 13.7. The molecule has 196 valence electrons. The van der Waals surface area contributed by atoms with Crippen molar-refractivity contribution in [3.05, 3.63) is 89.6 Å². The van der Waals surface area contributed by atoms with Crippen molar-refractivity contribution in [2.45, 2.75) is 43.2 Å². The Morgan fingerprint density at radius 2 is 1.87 bits per heavy atom. The minimum atomic E-state index is -3.48. The van der Waals surface area contributed by atoms with Crippen LogP contribution in [0.25, 0.3) is 10.8 Å². The number of nitrogens with zero attached hydrogens (tertiary/aromatic N) is 1. The van der Waals surface area contributed by atoms with Crippen LogP contribution in [-0.4, -0.2) is 25.1 Å². The van der Waals surface area contributed by atoms with Crippen LogP contribution < -0.4 is 22.1 Å². The van der Waals surface area contributed by atoms with Gasteiger partial charge in [0, 0.05) is 29.5 Å². The Balaban J connectivity index is 1.45. The van der Waals surface area contributed by atoms with Crippen molar-refractivity contribution in [2.75, 3.05) is 22.5 Å². The van der Waals surface area contributed by atoms with Gasteiger partial charge >= 0.3 is 0 Å². The highest BCUT2D eigenvalue weighted by atomic mass is 32.2. The first kappa shape index (κ1) is 25.5. The van der Waals surface area contributed by atoms with E-state index >= 15 is 0 Å². The van der Waals surface area contributed by atoms with E-state index in [-0.39, 0.29) is 23.1 Å². The van der Waals surface area contributed by atoms with E-state index in [9.17, 15) is 13.2 Å². The molecule has 9 heteroatoms. The van der Waals surface area contributed by atoms with Crippen LogP contribution in [0.5, 0.6) is 0 Å². The van der Waals surface area contributed by atoms with Gasteiger partial charge in [-0.25, -0.2) is 13.4 Å². The number of anilines is 3. The number of fused-ring (bicyclic) bond motifs is 1. The monoisotopic (exact) mass is 529 g/mol. The molecule has 38 heavy (non-hydrogen) atoms. The first-order chi connectivity index (χ1) is 18.2. The lowest BCUT2D eigenvalue weighted by Gasteiger charge is -2.22. The predicted molar refractivity (Wildman–Crippen MR) is 151 cm³/mol. The molecule has 0 saturated heterocycles. The van der Waals surface area contributed by atoms with Gasteiger partial charge in [-0.2, -0.15) is 0 Å². The van der Waals surface area contributed by atoms with Crippen molar-refractivity contribution in [2.24, 2.45) is 0 Å². The van der Waals surface area contributed by atoms with Crippen LogP contribution in [0, 0.1) is 0 Å². The molecule has 1 aromatic heterocycles. The van der Waals surface area contributed by atoms with Crippen molar-refractivity contribution in [1.29, 1.82) is 0 Å². The van der Waals surface area contributed by atoms with Gasteiger partial charge in [0.1, 0.15) is 11.9 Å². The van der Waals surface area contributed by atoms with Crippen LogP contribution >= 0.6 is 0 Å². The average Bonchev–Trinajstić information content (AvgIpc) is 3.76. The summed E-state index contributed by atoms with van der Waals surface area (Å²) in [7, 11) is -3.48. The zero-order valence-corrected chi connectivity index (χ0v) is 22.0. The van der Waals surface area contributed by atoms with Gasteiger partial charge in [-0.3, -0.25) is 4.79 Å². The second kappa shape index (κ2) is 10.3. The summed E-state index contributed by atoms with van der Waals surface area (Å²) in [6.07, 6.45) is 3.95. The SMILES string of the molecule is CCS(=O)(=O)c1ccc(N)cc1CNC(=O)C(Nc1ccc2c(N)nccc2c1)c1cccc(C2CC2)c1. The number of rotatable bonds is 9. The minimum absolute atomic E-state index is 0.0266. The lowest BCUT2D eigenvalue weighted by atomic mass is 10.00. The maximum atomic E-state index is 13.7. The number of nitrogen functional groups attached to an aromatic ring is 2. The standard InChI is InChI=1S/C29H31N5O3S/c1-2-38(36,37)26-11-8-23(30)15-22(26)17-33-29(35)27(21-5-3-4-19(14-21)18-6-7-18)34-24-9-10-25-20(16-24)12-13-32-28(25)31/h3-5,8-16,18,27,34H,2,6-7,17,30H2,1H3,(H2,31,32)(H,33,35). The number of hydrogen-bond acceptors (Lipinski definition) is 7. The quantitative estimate of drug-likeness (QED) is 0.233. The third-order valence-electron chi connectivity index (χ3n) is 6.91. The largest absolute Gasteiger partial charge is 0.399 e. The van der Waals surface area contributed by atoms with Gasteiger partial charge in [-0.1, -0.05) is 31.2 Å². The fourth-order valence-corrected chi connectivity index (χ4v) is 5.76. The first-order valence-electron chi connectivity index (χ1n) is 12.6. The van der Waals surface area contributed by atoms with E-state index in [1.165, 1.54) is 11.6 Å². The molecule has 1 fully saturated rings. The smallest absolute Gasteiger partial charge is 0.247 e. The van der Waals surface area contributed by atoms with Gasteiger partial charge < -0.3 is 22.1 Å². The van der Waals surface area contributed by atoms with Gasteiger partial charge in [0.15, 0.2) is 9.84 Å². The summed E-state index contributed by atoms with van der Waals surface area (Å²) in [5, 5.41) is 8.06.